The van der Waals surface area contributed by atoms with Gasteiger partial charge in [0.05, 0.1) is 11.5 Å². The number of hydrogen-bond donors (Lipinski definition) is 0. The molecule has 0 spiro atoms. The first-order valence-electron chi connectivity index (χ1n) is 9.29. The number of piperidine rings is 1. The topological polar surface area (TPSA) is 72.5 Å². The lowest BCUT2D eigenvalue weighted by Crippen LogP contribution is -2.42. The van der Waals surface area contributed by atoms with Gasteiger partial charge in [0, 0.05) is 36.7 Å². The summed E-state index contributed by atoms with van der Waals surface area (Å²) in [6, 6.07) is 14.7. The summed E-state index contributed by atoms with van der Waals surface area (Å²) < 4.78 is 32.3. The first-order valence-corrected chi connectivity index (χ1v) is 11.0. The quantitative estimate of drug-likeness (QED) is 0.661. The van der Waals surface area contributed by atoms with Crippen LogP contribution < -0.4 is 0 Å². The molecule has 1 fully saturated rings. The zero-order valence-corrected chi connectivity index (χ0v) is 16.2. The third kappa shape index (κ3) is 3.89. The Morgan fingerprint density at radius 3 is 2.29 bits per heavy atom. The Labute approximate surface area is 164 Å². The number of nitrogens with zero attached hydrogens (tertiary/aromatic N) is 2. The molecule has 146 valence electrons. The van der Waals surface area contributed by atoms with Crippen molar-refractivity contribution in [3.05, 3.63) is 78.5 Å². The molecule has 1 aliphatic heterocycles. The van der Waals surface area contributed by atoms with E-state index in [1.165, 1.54) is 6.26 Å². The van der Waals surface area contributed by atoms with Crippen molar-refractivity contribution in [2.45, 2.75) is 23.8 Å². The van der Waals surface area contributed by atoms with E-state index in [2.05, 4.69) is 0 Å². The SMILES string of the molecule is O=C(c1ccc(-n2cccc2)cc1)N1CCC(S(=O)(=O)Cc2ccco2)CC1. The number of furan rings is 1. The number of amides is 1. The van der Waals surface area contributed by atoms with Crippen molar-refractivity contribution >= 4 is 15.7 Å². The van der Waals surface area contributed by atoms with Gasteiger partial charge in [0.25, 0.3) is 5.91 Å². The molecular weight excluding hydrogens is 376 g/mol. The van der Waals surface area contributed by atoms with E-state index < -0.39 is 15.1 Å². The number of benzene rings is 1. The van der Waals surface area contributed by atoms with Crippen LogP contribution in [-0.2, 0) is 15.6 Å². The number of likely N-dealkylation sites (tertiary alicyclic amines) is 1. The molecule has 0 bridgehead atoms. The highest BCUT2D eigenvalue weighted by Crippen LogP contribution is 2.23. The molecule has 0 radical (unpaired) electrons. The van der Waals surface area contributed by atoms with E-state index in [0.717, 1.165) is 5.69 Å². The highest BCUT2D eigenvalue weighted by molar-refractivity contribution is 7.91. The molecule has 3 aromatic rings. The van der Waals surface area contributed by atoms with E-state index >= 15 is 0 Å². The predicted molar refractivity (Wildman–Crippen MR) is 106 cm³/mol. The summed E-state index contributed by atoms with van der Waals surface area (Å²) in [5.41, 5.74) is 1.61. The standard InChI is InChI=1S/C21H22N2O4S/c24-21(17-5-7-18(8-6-17)22-11-1-2-12-22)23-13-9-20(10-14-23)28(25,26)16-19-4-3-15-27-19/h1-8,11-12,15,20H,9-10,13-14,16H2. The van der Waals surface area contributed by atoms with Crippen LogP contribution in [-0.4, -0.2) is 42.1 Å². The Morgan fingerprint density at radius 2 is 1.68 bits per heavy atom. The summed E-state index contributed by atoms with van der Waals surface area (Å²) in [4.78, 5) is 14.5. The molecule has 1 aromatic carbocycles. The second kappa shape index (κ2) is 7.67. The van der Waals surface area contributed by atoms with Gasteiger partial charge in [-0.15, -0.1) is 0 Å². The minimum absolute atomic E-state index is 0.0547. The molecule has 1 aliphatic rings. The van der Waals surface area contributed by atoms with E-state index in [9.17, 15) is 13.2 Å². The van der Waals surface area contributed by atoms with Crippen LogP contribution in [0.3, 0.4) is 0 Å². The number of carbonyl (C=O) groups excluding carboxylic acids is 1. The van der Waals surface area contributed by atoms with Crippen LogP contribution in [0.4, 0.5) is 0 Å². The summed E-state index contributed by atoms with van der Waals surface area (Å²) in [7, 11) is -3.29. The Hall–Kier alpha value is -2.80. The summed E-state index contributed by atoms with van der Waals surface area (Å²) in [5.74, 6) is 0.321. The monoisotopic (exact) mass is 398 g/mol. The fraction of sp³-hybridized carbons (Fsp3) is 0.286. The third-order valence-corrected chi connectivity index (χ3v) is 7.35. The van der Waals surface area contributed by atoms with Crippen molar-refractivity contribution in [1.29, 1.82) is 0 Å². The summed E-state index contributed by atoms with van der Waals surface area (Å²) in [5, 5.41) is -0.433. The van der Waals surface area contributed by atoms with Crippen LogP contribution in [0.1, 0.15) is 29.0 Å². The molecule has 0 unspecified atom stereocenters. The second-order valence-electron chi connectivity index (χ2n) is 7.02. The van der Waals surface area contributed by atoms with Crippen molar-refractivity contribution in [3.63, 3.8) is 0 Å². The van der Waals surface area contributed by atoms with E-state index in [1.54, 1.807) is 17.0 Å². The highest BCUT2D eigenvalue weighted by atomic mass is 32.2. The van der Waals surface area contributed by atoms with Gasteiger partial charge < -0.3 is 13.9 Å². The first kappa shape index (κ1) is 18.6. The van der Waals surface area contributed by atoms with Gasteiger partial charge in [-0.3, -0.25) is 4.79 Å². The van der Waals surface area contributed by atoms with Crippen LogP contribution in [0.2, 0.25) is 0 Å². The van der Waals surface area contributed by atoms with Crippen molar-refractivity contribution in [3.8, 4) is 5.69 Å². The lowest BCUT2D eigenvalue weighted by molar-refractivity contribution is 0.0725. The molecule has 6 nitrogen and oxygen atoms in total. The lowest BCUT2D eigenvalue weighted by atomic mass is 10.1. The van der Waals surface area contributed by atoms with Gasteiger partial charge in [0.15, 0.2) is 9.84 Å². The number of aromatic nitrogens is 1. The van der Waals surface area contributed by atoms with Gasteiger partial charge in [-0.1, -0.05) is 0 Å². The molecule has 0 saturated carbocycles. The van der Waals surface area contributed by atoms with Crippen LogP contribution in [0.25, 0.3) is 5.69 Å². The van der Waals surface area contributed by atoms with E-state index in [1.807, 2.05) is 53.4 Å². The summed E-state index contributed by atoms with van der Waals surface area (Å²) >= 11 is 0. The second-order valence-corrected chi connectivity index (χ2v) is 9.30. The normalized spacial score (nSPS) is 15.6. The number of carbonyl (C=O) groups is 1. The first-order chi connectivity index (χ1) is 13.5. The molecule has 0 atom stereocenters. The predicted octanol–water partition coefficient (Wildman–Crippen LogP) is 3.29. The van der Waals surface area contributed by atoms with Crippen molar-refractivity contribution in [2.75, 3.05) is 13.1 Å². The zero-order valence-electron chi connectivity index (χ0n) is 15.4. The third-order valence-electron chi connectivity index (χ3n) is 5.18. The summed E-state index contributed by atoms with van der Waals surface area (Å²) in [6.07, 6.45) is 6.29. The maximum Gasteiger partial charge on any atom is 0.253 e. The Morgan fingerprint density at radius 1 is 1.00 bits per heavy atom. The lowest BCUT2D eigenvalue weighted by Gasteiger charge is -2.31. The van der Waals surface area contributed by atoms with E-state index in [-0.39, 0.29) is 11.7 Å². The molecule has 28 heavy (non-hydrogen) atoms. The van der Waals surface area contributed by atoms with Crippen molar-refractivity contribution < 1.29 is 17.6 Å². The van der Waals surface area contributed by atoms with Crippen LogP contribution in [0.15, 0.2) is 71.6 Å². The molecule has 1 saturated heterocycles. The van der Waals surface area contributed by atoms with E-state index in [4.69, 9.17) is 4.42 Å². The molecular formula is C21H22N2O4S. The van der Waals surface area contributed by atoms with Crippen LogP contribution in [0.5, 0.6) is 0 Å². The van der Waals surface area contributed by atoms with Crippen molar-refractivity contribution in [2.24, 2.45) is 0 Å². The molecule has 7 heteroatoms. The fourth-order valence-corrected chi connectivity index (χ4v) is 5.32. The van der Waals surface area contributed by atoms with Crippen LogP contribution >= 0.6 is 0 Å². The van der Waals surface area contributed by atoms with Crippen LogP contribution in [0, 0.1) is 0 Å². The molecule has 0 aliphatic carbocycles. The Balaban J connectivity index is 1.37. The number of sulfone groups is 1. The molecule has 1 amide bonds. The van der Waals surface area contributed by atoms with Gasteiger partial charge in [0.1, 0.15) is 11.5 Å². The number of hydrogen-bond acceptors (Lipinski definition) is 4. The maximum absolute atomic E-state index is 12.8. The fourth-order valence-electron chi connectivity index (χ4n) is 3.59. The Kier molecular flexibility index (Phi) is 5.09. The van der Waals surface area contributed by atoms with Gasteiger partial charge in [0.2, 0.25) is 0 Å². The maximum atomic E-state index is 12.8. The summed E-state index contributed by atoms with van der Waals surface area (Å²) in [6.45, 7) is 0.889. The molecule has 0 N–H and O–H groups in total. The van der Waals surface area contributed by atoms with Crippen molar-refractivity contribution in [1.82, 2.24) is 9.47 Å². The zero-order chi connectivity index (χ0) is 19.6. The molecule has 2 aromatic heterocycles. The van der Waals surface area contributed by atoms with Gasteiger partial charge >= 0.3 is 0 Å². The van der Waals surface area contributed by atoms with E-state index in [0.29, 0.717) is 37.3 Å². The highest BCUT2D eigenvalue weighted by Gasteiger charge is 2.32. The average molecular weight is 398 g/mol. The average Bonchev–Trinajstić information content (AvgIpc) is 3.42. The molecule has 4 rings (SSSR count). The molecule has 3 heterocycles. The van der Waals surface area contributed by atoms with Gasteiger partial charge in [-0.2, -0.15) is 0 Å². The Bertz CT molecular complexity index is 1010. The smallest absolute Gasteiger partial charge is 0.253 e. The largest absolute Gasteiger partial charge is 0.468 e. The minimum Gasteiger partial charge on any atom is -0.468 e. The number of rotatable bonds is 5. The van der Waals surface area contributed by atoms with Gasteiger partial charge in [-0.25, -0.2) is 8.42 Å². The van der Waals surface area contributed by atoms with Gasteiger partial charge in [-0.05, 0) is 61.4 Å². The minimum atomic E-state index is -3.29.